The minimum absolute atomic E-state index is 0.00316. The van der Waals surface area contributed by atoms with Crippen LogP contribution in [0.4, 0.5) is 4.39 Å². The van der Waals surface area contributed by atoms with Gasteiger partial charge in [0.1, 0.15) is 5.82 Å². The van der Waals surface area contributed by atoms with Gasteiger partial charge in [-0.1, -0.05) is 44.0 Å². The van der Waals surface area contributed by atoms with Gasteiger partial charge in [-0.2, -0.15) is 4.98 Å². The maximum absolute atomic E-state index is 13.7. The molecule has 134 valence electrons. The van der Waals surface area contributed by atoms with Crippen molar-refractivity contribution in [2.24, 2.45) is 11.8 Å². The zero-order valence-corrected chi connectivity index (χ0v) is 14.7. The van der Waals surface area contributed by atoms with Crippen LogP contribution in [-0.2, 0) is 11.2 Å². The Morgan fingerprint density at radius 1 is 1.32 bits per heavy atom. The number of hydrogen-bond donors (Lipinski definition) is 1. The molecule has 1 aliphatic rings. The number of benzene rings is 1. The maximum atomic E-state index is 13.7. The van der Waals surface area contributed by atoms with Crippen LogP contribution in [0.3, 0.4) is 0 Å². The van der Waals surface area contributed by atoms with Gasteiger partial charge in [-0.3, -0.25) is 4.79 Å². The Hall–Kier alpha value is -2.24. The van der Waals surface area contributed by atoms with Crippen molar-refractivity contribution in [1.29, 1.82) is 0 Å². The van der Waals surface area contributed by atoms with E-state index in [1.54, 1.807) is 18.2 Å². The molecule has 1 saturated carbocycles. The van der Waals surface area contributed by atoms with Gasteiger partial charge in [-0.05, 0) is 30.4 Å². The molecule has 1 N–H and O–H groups in total. The quantitative estimate of drug-likeness (QED) is 0.896. The lowest BCUT2D eigenvalue weighted by atomic mass is 9.78. The second-order valence-corrected chi connectivity index (χ2v) is 6.93. The standard InChI is InChI=1S/C19H24FN3O2/c1-12-6-5-9-16(13(12)2)21-17(24)10-11-18-22-19(23-25-18)14-7-3-4-8-15(14)20/h3-4,7-8,12-13,16H,5-6,9-11H2,1-2H3,(H,21,24). The van der Waals surface area contributed by atoms with Crippen molar-refractivity contribution in [1.82, 2.24) is 15.5 Å². The van der Waals surface area contributed by atoms with Crippen molar-refractivity contribution >= 4 is 5.91 Å². The highest BCUT2D eigenvalue weighted by molar-refractivity contribution is 5.76. The normalized spacial score (nSPS) is 23.4. The molecule has 3 atom stereocenters. The molecule has 1 aliphatic carbocycles. The zero-order chi connectivity index (χ0) is 17.8. The van der Waals surface area contributed by atoms with Crippen LogP contribution in [0, 0.1) is 17.7 Å². The van der Waals surface area contributed by atoms with Crippen LogP contribution in [0.25, 0.3) is 11.4 Å². The van der Waals surface area contributed by atoms with E-state index in [9.17, 15) is 9.18 Å². The van der Waals surface area contributed by atoms with E-state index in [1.807, 2.05) is 0 Å². The predicted octanol–water partition coefficient (Wildman–Crippen LogP) is 3.75. The van der Waals surface area contributed by atoms with Gasteiger partial charge in [-0.15, -0.1) is 0 Å². The Labute approximate surface area is 147 Å². The SMILES string of the molecule is CC1CCCC(NC(=O)CCc2nc(-c3ccccc3F)no2)C1C. The number of hydrogen-bond acceptors (Lipinski definition) is 4. The van der Waals surface area contributed by atoms with E-state index >= 15 is 0 Å². The third-order valence-electron chi connectivity index (χ3n) is 5.20. The van der Waals surface area contributed by atoms with Crippen LogP contribution in [-0.4, -0.2) is 22.1 Å². The van der Waals surface area contributed by atoms with E-state index in [0.29, 0.717) is 29.7 Å². The number of nitrogens with zero attached hydrogens (tertiary/aromatic N) is 2. The summed E-state index contributed by atoms with van der Waals surface area (Å²) in [4.78, 5) is 16.4. The van der Waals surface area contributed by atoms with Crippen molar-refractivity contribution in [3.05, 3.63) is 36.0 Å². The number of carbonyl (C=O) groups excluding carboxylic acids is 1. The van der Waals surface area contributed by atoms with Crippen LogP contribution in [0.2, 0.25) is 0 Å². The van der Waals surface area contributed by atoms with Crippen LogP contribution in [0.5, 0.6) is 0 Å². The largest absolute Gasteiger partial charge is 0.353 e. The first-order valence-electron chi connectivity index (χ1n) is 8.91. The molecule has 0 spiro atoms. The Bertz CT molecular complexity index is 731. The molecule has 1 fully saturated rings. The van der Waals surface area contributed by atoms with Gasteiger partial charge in [-0.25, -0.2) is 4.39 Å². The van der Waals surface area contributed by atoms with E-state index in [4.69, 9.17) is 4.52 Å². The minimum Gasteiger partial charge on any atom is -0.353 e. The van der Waals surface area contributed by atoms with Gasteiger partial charge in [0.25, 0.3) is 0 Å². The first-order valence-corrected chi connectivity index (χ1v) is 8.91. The molecule has 5 nitrogen and oxygen atoms in total. The lowest BCUT2D eigenvalue weighted by Gasteiger charge is -2.34. The third kappa shape index (κ3) is 4.24. The average molecular weight is 345 g/mol. The fraction of sp³-hybridized carbons (Fsp3) is 0.526. The first-order chi connectivity index (χ1) is 12.0. The topological polar surface area (TPSA) is 68.0 Å². The smallest absolute Gasteiger partial charge is 0.227 e. The molecule has 2 aromatic rings. The number of aryl methyl sites for hydroxylation is 1. The fourth-order valence-electron chi connectivity index (χ4n) is 3.39. The summed E-state index contributed by atoms with van der Waals surface area (Å²) in [6.07, 6.45) is 4.07. The molecule has 1 amide bonds. The van der Waals surface area contributed by atoms with Crippen LogP contribution in [0.15, 0.2) is 28.8 Å². The summed E-state index contributed by atoms with van der Waals surface area (Å²) < 4.78 is 18.9. The summed E-state index contributed by atoms with van der Waals surface area (Å²) in [6.45, 7) is 4.44. The molecular formula is C19H24FN3O2. The van der Waals surface area contributed by atoms with Crippen molar-refractivity contribution in [2.75, 3.05) is 0 Å². The van der Waals surface area contributed by atoms with E-state index in [1.165, 1.54) is 12.5 Å². The minimum atomic E-state index is -0.395. The Kier molecular flexibility index (Phi) is 5.46. The van der Waals surface area contributed by atoms with Gasteiger partial charge in [0.2, 0.25) is 17.6 Å². The molecule has 1 aromatic carbocycles. The predicted molar refractivity (Wildman–Crippen MR) is 92.1 cm³/mol. The summed E-state index contributed by atoms with van der Waals surface area (Å²) >= 11 is 0. The number of rotatable bonds is 5. The molecule has 0 aliphatic heterocycles. The van der Waals surface area contributed by atoms with Gasteiger partial charge in [0.05, 0.1) is 5.56 Å². The van der Waals surface area contributed by atoms with Crippen molar-refractivity contribution in [3.63, 3.8) is 0 Å². The lowest BCUT2D eigenvalue weighted by molar-refractivity contribution is -0.122. The molecule has 3 rings (SSSR count). The second kappa shape index (κ2) is 7.76. The number of amides is 1. The van der Waals surface area contributed by atoms with Crippen LogP contribution >= 0.6 is 0 Å². The summed E-state index contributed by atoms with van der Waals surface area (Å²) in [5, 5.41) is 6.93. The van der Waals surface area contributed by atoms with Gasteiger partial charge < -0.3 is 9.84 Å². The van der Waals surface area contributed by atoms with Crippen LogP contribution < -0.4 is 5.32 Å². The van der Waals surface area contributed by atoms with Gasteiger partial charge >= 0.3 is 0 Å². The highest BCUT2D eigenvalue weighted by Crippen LogP contribution is 2.29. The lowest BCUT2D eigenvalue weighted by Crippen LogP contribution is -2.43. The van der Waals surface area contributed by atoms with Crippen molar-refractivity contribution in [3.8, 4) is 11.4 Å². The molecule has 25 heavy (non-hydrogen) atoms. The number of halogens is 1. The fourth-order valence-corrected chi connectivity index (χ4v) is 3.39. The molecule has 0 saturated heterocycles. The molecule has 6 heteroatoms. The summed E-state index contributed by atoms with van der Waals surface area (Å²) in [5.41, 5.74) is 0.298. The summed E-state index contributed by atoms with van der Waals surface area (Å²) in [5.74, 6) is 1.29. The van der Waals surface area contributed by atoms with Crippen molar-refractivity contribution in [2.45, 2.75) is 52.0 Å². The second-order valence-electron chi connectivity index (χ2n) is 6.93. The highest BCUT2D eigenvalue weighted by atomic mass is 19.1. The number of aromatic nitrogens is 2. The average Bonchev–Trinajstić information content (AvgIpc) is 3.06. The molecule has 0 radical (unpaired) electrons. The van der Waals surface area contributed by atoms with Gasteiger partial charge in [0, 0.05) is 18.9 Å². The monoisotopic (exact) mass is 345 g/mol. The number of carbonyl (C=O) groups is 1. The highest BCUT2D eigenvalue weighted by Gasteiger charge is 2.28. The van der Waals surface area contributed by atoms with Crippen LogP contribution in [0.1, 0.15) is 45.4 Å². The summed E-state index contributed by atoms with van der Waals surface area (Å²) in [6, 6.07) is 6.52. The Morgan fingerprint density at radius 3 is 2.92 bits per heavy atom. The maximum Gasteiger partial charge on any atom is 0.227 e. The molecule has 1 aromatic heterocycles. The van der Waals surface area contributed by atoms with Crippen molar-refractivity contribution < 1.29 is 13.7 Å². The van der Waals surface area contributed by atoms with E-state index < -0.39 is 5.82 Å². The Balaban J connectivity index is 1.54. The Morgan fingerprint density at radius 2 is 2.12 bits per heavy atom. The summed E-state index contributed by atoms with van der Waals surface area (Å²) in [7, 11) is 0. The third-order valence-corrected chi connectivity index (χ3v) is 5.20. The molecular weight excluding hydrogens is 321 g/mol. The van der Waals surface area contributed by atoms with E-state index in [0.717, 1.165) is 12.8 Å². The molecule has 1 heterocycles. The van der Waals surface area contributed by atoms with E-state index in [-0.39, 0.29) is 24.2 Å². The van der Waals surface area contributed by atoms with E-state index in [2.05, 4.69) is 29.3 Å². The first kappa shape index (κ1) is 17.6. The number of nitrogens with one attached hydrogen (secondary N) is 1. The zero-order valence-electron chi connectivity index (χ0n) is 14.7. The molecule has 3 unspecified atom stereocenters. The molecule has 0 bridgehead atoms. The van der Waals surface area contributed by atoms with Gasteiger partial charge in [0.15, 0.2) is 0 Å².